The molecule has 1 aliphatic heterocycles. The molecule has 2 aliphatic rings. The number of aryl methyl sites for hydroxylation is 2. The van der Waals surface area contributed by atoms with Crippen LogP contribution in [0.2, 0.25) is 0 Å². The molecule has 0 unspecified atom stereocenters. The molecule has 118 valence electrons. The van der Waals surface area contributed by atoms with Crippen LogP contribution in [0.4, 0.5) is 5.69 Å². The fraction of sp³-hybridized carbons (Fsp3) is 0.500. The third kappa shape index (κ3) is 2.03. The number of anilines is 1. The number of hydrogen-bond acceptors (Lipinski definition) is 5. The molecule has 4 heterocycles. The third-order valence-corrected chi connectivity index (χ3v) is 4.86. The van der Waals surface area contributed by atoms with Crippen molar-refractivity contribution in [1.82, 2.24) is 29.6 Å². The van der Waals surface area contributed by atoms with Crippen LogP contribution < -0.4 is 4.90 Å². The van der Waals surface area contributed by atoms with Crippen LogP contribution in [-0.4, -0.2) is 42.7 Å². The van der Waals surface area contributed by atoms with E-state index in [2.05, 4.69) is 49.0 Å². The molecule has 1 saturated heterocycles. The number of fused-ring (bicyclic) bond motifs is 1. The van der Waals surface area contributed by atoms with Crippen molar-refractivity contribution >= 4 is 11.3 Å². The lowest BCUT2D eigenvalue weighted by Crippen LogP contribution is -2.48. The molecule has 7 heteroatoms. The minimum absolute atomic E-state index is 0.434. The highest BCUT2D eigenvalue weighted by Gasteiger charge is 2.33. The van der Waals surface area contributed by atoms with Gasteiger partial charge >= 0.3 is 0 Å². The van der Waals surface area contributed by atoms with Crippen LogP contribution in [0.25, 0.3) is 5.65 Å². The summed E-state index contributed by atoms with van der Waals surface area (Å²) in [6, 6.07) is 4.78. The Bertz CT molecular complexity index is 883. The van der Waals surface area contributed by atoms with Crippen LogP contribution in [0.15, 0.2) is 18.5 Å². The van der Waals surface area contributed by atoms with Gasteiger partial charge < -0.3 is 4.90 Å². The Labute approximate surface area is 133 Å². The molecular formula is C16H19N7. The lowest BCUT2D eigenvalue weighted by atomic mass is 10.1. The maximum absolute atomic E-state index is 4.64. The molecular weight excluding hydrogens is 290 g/mol. The molecule has 0 bridgehead atoms. The van der Waals surface area contributed by atoms with Gasteiger partial charge in [-0.05, 0) is 38.8 Å². The standard InChI is InChI=1S/C16H19N7/c1-10-5-11(2)23(19-10)13-7-21(8-13)15-6-14(12-3-4-12)20-22-9-17-18-16(15)22/h5-6,9,12-13H,3-4,7-8H2,1-2H3. The Morgan fingerprint density at radius 1 is 1.09 bits per heavy atom. The number of rotatable bonds is 3. The maximum Gasteiger partial charge on any atom is 0.200 e. The van der Waals surface area contributed by atoms with E-state index in [1.165, 1.54) is 24.2 Å². The molecule has 5 rings (SSSR count). The van der Waals surface area contributed by atoms with Gasteiger partial charge in [-0.25, -0.2) is 0 Å². The van der Waals surface area contributed by atoms with Gasteiger partial charge in [-0.1, -0.05) is 0 Å². The van der Waals surface area contributed by atoms with Crippen LogP contribution >= 0.6 is 0 Å². The van der Waals surface area contributed by atoms with Crippen molar-refractivity contribution in [2.75, 3.05) is 18.0 Å². The van der Waals surface area contributed by atoms with Gasteiger partial charge in [-0.3, -0.25) is 4.68 Å². The van der Waals surface area contributed by atoms with Crippen LogP contribution in [0.3, 0.4) is 0 Å². The van der Waals surface area contributed by atoms with Gasteiger partial charge in [-0.2, -0.15) is 14.7 Å². The summed E-state index contributed by atoms with van der Waals surface area (Å²) >= 11 is 0. The SMILES string of the molecule is Cc1cc(C)n(C2CN(c3cc(C4CC4)nn4cnnc34)C2)n1. The Hall–Kier alpha value is -2.44. The Kier molecular flexibility index (Phi) is 2.57. The van der Waals surface area contributed by atoms with Gasteiger partial charge in [0.05, 0.1) is 23.1 Å². The first-order valence-electron chi connectivity index (χ1n) is 8.18. The van der Waals surface area contributed by atoms with Crippen molar-refractivity contribution in [3.63, 3.8) is 0 Å². The van der Waals surface area contributed by atoms with Crippen molar-refractivity contribution < 1.29 is 0 Å². The maximum atomic E-state index is 4.64. The largest absolute Gasteiger partial charge is 0.364 e. The summed E-state index contributed by atoms with van der Waals surface area (Å²) in [7, 11) is 0. The second-order valence-electron chi connectivity index (χ2n) is 6.76. The number of hydrogen-bond donors (Lipinski definition) is 0. The lowest BCUT2D eigenvalue weighted by Gasteiger charge is -2.41. The average Bonchev–Trinajstić information content (AvgIpc) is 3.13. The van der Waals surface area contributed by atoms with Crippen molar-refractivity contribution in [2.24, 2.45) is 0 Å². The zero-order chi connectivity index (χ0) is 15.6. The van der Waals surface area contributed by atoms with Gasteiger partial charge in [0.1, 0.15) is 6.33 Å². The van der Waals surface area contributed by atoms with Crippen LogP contribution in [-0.2, 0) is 0 Å². The highest BCUT2D eigenvalue weighted by atomic mass is 15.4. The monoisotopic (exact) mass is 309 g/mol. The summed E-state index contributed by atoms with van der Waals surface area (Å²) in [5.74, 6) is 0.619. The van der Waals surface area contributed by atoms with Crippen LogP contribution in [0, 0.1) is 13.8 Å². The van der Waals surface area contributed by atoms with E-state index in [0.29, 0.717) is 12.0 Å². The van der Waals surface area contributed by atoms with Gasteiger partial charge in [0, 0.05) is 24.7 Å². The second kappa shape index (κ2) is 4.53. The topological polar surface area (TPSA) is 64.1 Å². The first-order valence-corrected chi connectivity index (χ1v) is 8.18. The lowest BCUT2D eigenvalue weighted by molar-refractivity contribution is 0.361. The molecule has 0 amide bonds. The minimum Gasteiger partial charge on any atom is -0.364 e. The Morgan fingerprint density at radius 3 is 2.61 bits per heavy atom. The highest BCUT2D eigenvalue weighted by Crippen LogP contribution is 2.41. The van der Waals surface area contributed by atoms with E-state index in [0.717, 1.165) is 30.1 Å². The second-order valence-corrected chi connectivity index (χ2v) is 6.76. The van der Waals surface area contributed by atoms with E-state index in [1.54, 1.807) is 6.33 Å². The van der Waals surface area contributed by atoms with Crippen molar-refractivity contribution in [3.8, 4) is 0 Å². The molecule has 1 saturated carbocycles. The van der Waals surface area contributed by atoms with Crippen LogP contribution in [0.1, 0.15) is 41.9 Å². The molecule has 23 heavy (non-hydrogen) atoms. The van der Waals surface area contributed by atoms with Crippen molar-refractivity contribution in [3.05, 3.63) is 35.5 Å². The normalized spacial score (nSPS) is 18.6. The molecule has 7 nitrogen and oxygen atoms in total. The molecule has 0 aromatic carbocycles. The predicted octanol–water partition coefficient (Wildman–Crippen LogP) is 1.88. The van der Waals surface area contributed by atoms with Gasteiger partial charge in [0.25, 0.3) is 0 Å². The summed E-state index contributed by atoms with van der Waals surface area (Å²) in [5, 5.41) is 17.5. The van der Waals surface area contributed by atoms with E-state index in [4.69, 9.17) is 0 Å². The summed E-state index contributed by atoms with van der Waals surface area (Å²) in [6.45, 7) is 6.08. The molecule has 0 N–H and O–H groups in total. The zero-order valence-corrected chi connectivity index (χ0v) is 13.3. The fourth-order valence-corrected chi connectivity index (χ4v) is 3.46. The molecule has 0 atom stereocenters. The quantitative estimate of drug-likeness (QED) is 0.739. The fourth-order valence-electron chi connectivity index (χ4n) is 3.46. The smallest absolute Gasteiger partial charge is 0.200 e. The van der Waals surface area contributed by atoms with E-state index in [1.807, 2.05) is 11.4 Å². The molecule has 0 spiro atoms. The first-order chi connectivity index (χ1) is 11.2. The molecule has 3 aromatic rings. The van der Waals surface area contributed by atoms with E-state index >= 15 is 0 Å². The summed E-state index contributed by atoms with van der Waals surface area (Å²) in [6.07, 6.45) is 4.19. The zero-order valence-electron chi connectivity index (χ0n) is 13.3. The van der Waals surface area contributed by atoms with E-state index < -0.39 is 0 Å². The summed E-state index contributed by atoms with van der Waals surface area (Å²) in [4.78, 5) is 2.36. The van der Waals surface area contributed by atoms with Crippen molar-refractivity contribution in [2.45, 2.75) is 38.6 Å². The highest BCUT2D eigenvalue weighted by molar-refractivity contribution is 5.69. The average molecular weight is 309 g/mol. The predicted molar refractivity (Wildman–Crippen MR) is 85.7 cm³/mol. The summed E-state index contributed by atoms with van der Waals surface area (Å²) < 4.78 is 3.97. The first kappa shape index (κ1) is 13.0. The summed E-state index contributed by atoms with van der Waals surface area (Å²) in [5.41, 5.74) is 5.48. The van der Waals surface area contributed by atoms with Gasteiger partial charge in [0.15, 0.2) is 0 Å². The van der Waals surface area contributed by atoms with E-state index in [-0.39, 0.29) is 0 Å². The van der Waals surface area contributed by atoms with Crippen molar-refractivity contribution in [1.29, 1.82) is 0 Å². The minimum atomic E-state index is 0.434. The Balaban J connectivity index is 1.46. The number of nitrogens with zero attached hydrogens (tertiary/aromatic N) is 7. The van der Waals surface area contributed by atoms with E-state index in [9.17, 15) is 0 Å². The van der Waals surface area contributed by atoms with Gasteiger partial charge in [-0.15, -0.1) is 10.2 Å². The van der Waals surface area contributed by atoms with Gasteiger partial charge in [0.2, 0.25) is 5.65 Å². The van der Waals surface area contributed by atoms with Crippen LogP contribution in [0.5, 0.6) is 0 Å². The number of aromatic nitrogens is 6. The molecule has 0 radical (unpaired) electrons. The molecule has 2 fully saturated rings. The third-order valence-electron chi connectivity index (χ3n) is 4.86. The molecule has 1 aliphatic carbocycles. The Morgan fingerprint density at radius 2 is 1.91 bits per heavy atom. The molecule has 3 aromatic heterocycles.